The first-order valence-electron chi connectivity index (χ1n) is 8.69. The first-order valence-corrected chi connectivity index (χ1v) is 9.57. The zero-order chi connectivity index (χ0) is 19.1. The van der Waals surface area contributed by atoms with Gasteiger partial charge in [0.25, 0.3) is 0 Å². The van der Waals surface area contributed by atoms with Gasteiger partial charge in [-0.05, 0) is 37.1 Å². The molecule has 1 aromatic heterocycles. The number of thiazole rings is 1. The number of methoxy groups -OCH3 is 1. The predicted molar refractivity (Wildman–Crippen MR) is 108 cm³/mol. The van der Waals surface area contributed by atoms with Gasteiger partial charge in [-0.3, -0.25) is 4.79 Å². The van der Waals surface area contributed by atoms with Crippen LogP contribution in [0.5, 0.6) is 5.75 Å². The first kappa shape index (κ1) is 18.9. The van der Waals surface area contributed by atoms with Crippen molar-refractivity contribution in [2.45, 2.75) is 26.4 Å². The Bertz CT molecular complexity index is 890. The van der Waals surface area contributed by atoms with Gasteiger partial charge in [0.05, 0.1) is 12.8 Å². The van der Waals surface area contributed by atoms with Crippen molar-refractivity contribution in [1.82, 2.24) is 4.98 Å². The minimum absolute atomic E-state index is 0.177. The Morgan fingerprint density at radius 3 is 2.70 bits per heavy atom. The predicted octanol–water partition coefficient (Wildman–Crippen LogP) is 4.88. The Morgan fingerprint density at radius 1 is 1.15 bits per heavy atom. The molecule has 0 bridgehead atoms. The molecule has 1 N–H and O–H groups in total. The minimum atomic E-state index is -0.248. The number of ether oxygens (including phenoxy) is 2. The number of carbonyl (C=O) groups excluding carboxylic acids is 1. The van der Waals surface area contributed by atoms with Gasteiger partial charge in [-0.1, -0.05) is 35.9 Å². The zero-order valence-electron chi connectivity index (χ0n) is 15.4. The Morgan fingerprint density at radius 2 is 1.93 bits per heavy atom. The number of hydrogen-bond donors (Lipinski definition) is 1. The maximum absolute atomic E-state index is 12.0. The minimum Gasteiger partial charge on any atom is -0.496 e. The van der Waals surface area contributed by atoms with Gasteiger partial charge in [0.1, 0.15) is 12.4 Å². The molecule has 0 unspecified atom stereocenters. The number of nitrogens with zero attached hydrogens (tertiary/aromatic N) is 1. The van der Waals surface area contributed by atoms with Crippen LogP contribution in [0.1, 0.15) is 23.2 Å². The van der Waals surface area contributed by atoms with Crippen LogP contribution in [0.25, 0.3) is 0 Å². The molecule has 27 heavy (non-hydrogen) atoms. The summed E-state index contributed by atoms with van der Waals surface area (Å²) in [5, 5.41) is 5.92. The fourth-order valence-corrected chi connectivity index (χ4v) is 3.28. The van der Waals surface area contributed by atoms with Crippen LogP contribution in [0.15, 0.2) is 53.9 Å². The lowest BCUT2D eigenvalue weighted by Crippen LogP contribution is -2.06. The maximum Gasteiger partial charge on any atom is 0.306 e. The van der Waals surface area contributed by atoms with Gasteiger partial charge >= 0.3 is 5.97 Å². The van der Waals surface area contributed by atoms with Crippen LogP contribution >= 0.6 is 11.3 Å². The summed E-state index contributed by atoms with van der Waals surface area (Å²) in [6.45, 7) is 2.23. The van der Waals surface area contributed by atoms with Crippen LogP contribution in [0.2, 0.25) is 0 Å². The van der Waals surface area contributed by atoms with E-state index in [0.29, 0.717) is 12.8 Å². The molecule has 0 aliphatic carbocycles. The molecule has 0 saturated heterocycles. The molecule has 6 heteroatoms. The summed E-state index contributed by atoms with van der Waals surface area (Å²) < 4.78 is 10.6. The van der Waals surface area contributed by atoms with Gasteiger partial charge in [-0.15, -0.1) is 11.3 Å². The summed E-state index contributed by atoms with van der Waals surface area (Å²) >= 11 is 1.49. The summed E-state index contributed by atoms with van der Waals surface area (Å²) in [5.74, 6) is 0.540. The van der Waals surface area contributed by atoms with Gasteiger partial charge < -0.3 is 14.8 Å². The number of aryl methyl sites for hydroxylation is 2. The highest BCUT2D eigenvalue weighted by Crippen LogP contribution is 2.22. The molecule has 2 aromatic carbocycles. The van der Waals surface area contributed by atoms with Crippen molar-refractivity contribution in [3.8, 4) is 5.75 Å². The largest absolute Gasteiger partial charge is 0.496 e. The summed E-state index contributed by atoms with van der Waals surface area (Å²) in [6, 6.07) is 15.8. The molecule has 1 heterocycles. The number of para-hydroxylation sites is 1. The van der Waals surface area contributed by atoms with Crippen molar-refractivity contribution in [3.63, 3.8) is 0 Å². The maximum atomic E-state index is 12.0. The third-order valence-electron chi connectivity index (χ3n) is 4.03. The summed E-state index contributed by atoms with van der Waals surface area (Å²) in [4.78, 5) is 16.5. The normalized spacial score (nSPS) is 10.4. The number of carbonyl (C=O) groups is 1. The van der Waals surface area contributed by atoms with Crippen molar-refractivity contribution < 1.29 is 14.3 Å². The van der Waals surface area contributed by atoms with Gasteiger partial charge in [-0.25, -0.2) is 4.98 Å². The Hall–Kier alpha value is -2.86. The van der Waals surface area contributed by atoms with E-state index in [-0.39, 0.29) is 12.6 Å². The summed E-state index contributed by atoms with van der Waals surface area (Å²) in [6.07, 6.45) is 0.888. The quantitative estimate of drug-likeness (QED) is 0.563. The van der Waals surface area contributed by atoms with E-state index < -0.39 is 0 Å². The molecule has 0 radical (unpaired) electrons. The van der Waals surface area contributed by atoms with Gasteiger partial charge in [0.15, 0.2) is 5.13 Å². The van der Waals surface area contributed by atoms with Crippen molar-refractivity contribution >= 4 is 28.1 Å². The summed E-state index contributed by atoms with van der Waals surface area (Å²) in [5.41, 5.74) is 3.92. The van der Waals surface area contributed by atoms with E-state index in [4.69, 9.17) is 9.47 Å². The topological polar surface area (TPSA) is 60.5 Å². The lowest BCUT2D eigenvalue weighted by Gasteiger charge is -2.07. The van der Waals surface area contributed by atoms with Crippen LogP contribution in [0.4, 0.5) is 10.8 Å². The number of benzene rings is 2. The third kappa shape index (κ3) is 5.56. The van der Waals surface area contributed by atoms with Crippen molar-refractivity contribution in [2.24, 2.45) is 0 Å². The lowest BCUT2D eigenvalue weighted by molar-refractivity contribution is -0.145. The van der Waals surface area contributed by atoms with Crippen molar-refractivity contribution in [1.29, 1.82) is 0 Å². The van der Waals surface area contributed by atoms with Crippen LogP contribution < -0.4 is 10.1 Å². The average Bonchev–Trinajstić information content (AvgIpc) is 3.14. The second kappa shape index (κ2) is 9.19. The number of nitrogens with one attached hydrogen (secondary N) is 1. The number of aromatic nitrogens is 1. The Balaban J connectivity index is 1.46. The molecule has 0 fully saturated rings. The molecule has 0 amide bonds. The van der Waals surface area contributed by atoms with E-state index in [0.717, 1.165) is 27.8 Å². The average molecular weight is 382 g/mol. The van der Waals surface area contributed by atoms with Crippen molar-refractivity contribution in [3.05, 3.63) is 70.7 Å². The molecule has 0 spiro atoms. The molecule has 0 aliphatic heterocycles. The molecule has 3 rings (SSSR count). The van der Waals surface area contributed by atoms with E-state index in [1.807, 2.05) is 60.8 Å². The van der Waals surface area contributed by atoms with E-state index in [2.05, 4.69) is 10.3 Å². The lowest BCUT2D eigenvalue weighted by atomic mass is 10.1. The SMILES string of the molecule is COc1ccccc1CCC(=O)OCc1csc(Nc2ccc(C)cc2)n1. The Kier molecular flexibility index (Phi) is 6.44. The Labute approximate surface area is 163 Å². The van der Waals surface area contributed by atoms with Crippen molar-refractivity contribution in [2.75, 3.05) is 12.4 Å². The standard InChI is InChI=1S/C21H22N2O3S/c1-15-7-10-17(11-8-15)22-21-23-18(14-27-21)13-26-20(24)12-9-16-5-3-4-6-19(16)25-2/h3-8,10-11,14H,9,12-13H2,1-2H3,(H,22,23). The van der Waals surface area contributed by atoms with Crippen LogP contribution in [-0.4, -0.2) is 18.1 Å². The van der Waals surface area contributed by atoms with Gasteiger partial charge in [0.2, 0.25) is 0 Å². The van der Waals surface area contributed by atoms with Crippen LogP contribution in [0, 0.1) is 6.92 Å². The molecular weight excluding hydrogens is 360 g/mol. The fraction of sp³-hybridized carbons (Fsp3) is 0.238. The van der Waals surface area contributed by atoms with Gasteiger partial charge in [0, 0.05) is 17.5 Å². The van der Waals surface area contributed by atoms with E-state index in [1.165, 1.54) is 16.9 Å². The molecular formula is C21H22N2O3S. The van der Waals surface area contributed by atoms with Crippen LogP contribution in [0.3, 0.4) is 0 Å². The van der Waals surface area contributed by atoms with E-state index >= 15 is 0 Å². The molecule has 0 atom stereocenters. The van der Waals surface area contributed by atoms with Gasteiger partial charge in [-0.2, -0.15) is 0 Å². The highest BCUT2D eigenvalue weighted by molar-refractivity contribution is 7.13. The molecule has 3 aromatic rings. The monoisotopic (exact) mass is 382 g/mol. The van der Waals surface area contributed by atoms with Crippen LogP contribution in [-0.2, 0) is 22.6 Å². The number of hydrogen-bond acceptors (Lipinski definition) is 6. The fourth-order valence-electron chi connectivity index (χ4n) is 2.56. The van der Waals surface area contributed by atoms with E-state index in [1.54, 1.807) is 7.11 Å². The summed E-state index contributed by atoms with van der Waals surface area (Å²) in [7, 11) is 1.63. The third-order valence-corrected chi connectivity index (χ3v) is 4.83. The highest BCUT2D eigenvalue weighted by Gasteiger charge is 2.09. The molecule has 0 aliphatic rings. The highest BCUT2D eigenvalue weighted by atomic mass is 32.1. The number of anilines is 2. The first-order chi connectivity index (χ1) is 13.1. The number of rotatable bonds is 8. The molecule has 5 nitrogen and oxygen atoms in total. The number of esters is 1. The second-order valence-electron chi connectivity index (χ2n) is 6.11. The van der Waals surface area contributed by atoms with E-state index in [9.17, 15) is 4.79 Å². The zero-order valence-corrected chi connectivity index (χ0v) is 16.2. The molecule has 0 saturated carbocycles. The molecule has 140 valence electrons. The smallest absolute Gasteiger partial charge is 0.306 e. The second-order valence-corrected chi connectivity index (χ2v) is 6.97.